The van der Waals surface area contributed by atoms with Crippen LogP contribution in [-0.4, -0.2) is 22.0 Å². The fourth-order valence-corrected chi connectivity index (χ4v) is 1.95. The van der Waals surface area contributed by atoms with Gasteiger partial charge < -0.3 is 15.6 Å². The van der Waals surface area contributed by atoms with Crippen LogP contribution in [0.1, 0.15) is 13.3 Å². The first-order valence-electron chi connectivity index (χ1n) is 6.30. The van der Waals surface area contributed by atoms with Gasteiger partial charge in [0.05, 0.1) is 0 Å². The highest BCUT2D eigenvalue weighted by Crippen LogP contribution is 2.21. The summed E-state index contributed by atoms with van der Waals surface area (Å²) in [5.74, 6) is 0.810. The van der Waals surface area contributed by atoms with Gasteiger partial charge in [-0.1, -0.05) is 12.1 Å². The molecule has 5 heteroatoms. The number of aryl methyl sites for hydroxylation is 1. The van der Waals surface area contributed by atoms with Gasteiger partial charge in [-0.05, 0) is 25.1 Å². The monoisotopic (exact) mass is 258 g/mol. The molecule has 2 rings (SSSR count). The second-order valence-electron chi connectivity index (χ2n) is 4.35. The Morgan fingerprint density at radius 1 is 1.47 bits per heavy atom. The van der Waals surface area contributed by atoms with E-state index < -0.39 is 0 Å². The van der Waals surface area contributed by atoms with Gasteiger partial charge >= 0.3 is 0 Å². The first kappa shape index (κ1) is 13.3. The quantitative estimate of drug-likeness (QED) is 0.859. The molecule has 0 fully saturated rings. The van der Waals surface area contributed by atoms with Crippen LogP contribution in [0.15, 0.2) is 36.7 Å². The summed E-state index contributed by atoms with van der Waals surface area (Å²) in [5, 5.41) is 2.77. The molecule has 19 heavy (non-hydrogen) atoms. The van der Waals surface area contributed by atoms with E-state index in [9.17, 15) is 4.79 Å². The number of nitrogens with two attached hydrogens (primary N) is 1. The average Bonchev–Trinajstić information content (AvgIpc) is 2.84. The molecule has 0 spiro atoms. The van der Waals surface area contributed by atoms with E-state index in [1.54, 1.807) is 6.20 Å². The number of imidazole rings is 1. The topological polar surface area (TPSA) is 72.9 Å². The minimum absolute atomic E-state index is 0.0800. The molecule has 0 aliphatic rings. The van der Waals surface area contributed by atoms with Crippen LogP contribution in [-0.2, 0) is 11.3 Å². The third-order valence-corrected chi connectivity index (χ3v) is 2.76. The van der Waals surface area contributed by atoms with Crippen molar-refractivity contribution in [1.29, 1.82) is 0 Å². The van der Waals surface area contributed by atoms with Crippen LogP contribution in [0.2, 0.25) is 0 Å². The molecule has 0 aliphatic carbocycles. The third-order valence-electron chi connectivity index (χ3n) is 2.76. The fraction of sp³-hybridized carbons (Fsp3) is 0.286. The van der Waals surface area contributed by atoms with Gasteiger partial charge in [0.25, 0.3) is 0 Å². The maximum atomic E-state index is 11.1. The van der Waals surface area contributed by atoms with Crippen LogP contribution >= 0.6 is 0 Å². The number of aromatic nitrogens is 2. The zero-order valence-electron chi connectivity index (χ0n) is 11.0. The van der Waals surface area contributed by atoms with E-state index in [1.807, 2.05) is 30.5 Å². The number of rotatable bonds is 5. The molecule has 100 valence electrons. The molecular weight excluding hydrogens is 240 g/mol. The first-order valence-corrected chi connectivity index (χ1v) is 6.30. The third kappa shape index (κ3) is 3.42. The molecule has 0 saturated carbocycles. The number of carbonyl (C=O) groups excluding carboxylic acids is 1. The Hall–Kier alpha value is -2.14. The zero-order valence-corrected chi connectivity index (χ0v) is 11.0. The molecule has 0 atom stereocenters. The molecule has 3 N–H and O–H groups in total. The Kier molecular flexibility index (Phi) is 4.30. The van der Waals surface area contributed by atoms with Crippen molar-refractivity contribution in [2.75, 3.05) is 11.9 Å². The Bertz CT molecular complexity index is 562. The van der Waals surface area contributed by atoms with E-state index in [0.717, 1.165) is 30.0 Å². The SMILES string of the molecule is CC(=O)Nc1cccc(-c2nccn2CCCN)c1. The number of benzene rings is 1. The van der Waals surface area contributed by atoms with Crippen molar-refractivity contribution in [3.8, 4) is 11.4 Å². The van der Waals surface area contributed by atoms with Crippen molar-refractivity contribution in [3.05, 3.63) is 36.7 Å². The summed E-state index contributed by atoms with van der Waals surface area (Å²) in [6, 6.07) is 7.66. The van der Waals surface area contributed by atoms with Gasteiger partial charge in [-0.25, -0.2) is 4.98 Å². The Labute approximate surface area is 112 Å². The van der Waals surface area contributed by atoms with Crippen LogP contribution in [0.5, 0.6) is 0 Å². The average molecular weight is 258 g/mol. The molecule has 0 bridgehead atoms. The number of nitrogens with zero attached hydrogens (tertiary/aromatic N) is 2. The predicted octanol–water partition coefficient (Wildman–Crippen LogP) is 1.86. The minimum Gasteiger partial charge on any atom is -0.331 e. The summed E-state index contributed by atoms with van der Waals surface area (Å²) in [6.45, 7) is 2.99. The molecule has 0 unspecified atom stereocenters. The number of anilines is 1. The highest BCUT2D eigenvalue weighted by atomic mass is 16.1. The van der Waals surface area contributed by atoms with Crippen molar-refractivity contribution >= 4 is 11.6 Å². The second-order valence-corrected chi connectivity index (χ2v) is 4.35. The van der Waals surface area contributed by atoms with E-state index in [4.69, 9.17) is 5.73 Å². The number of nitrogens with one attached hydrogen (secondary N) is 1. The molecule has 5 nitrogen and oxygen atoms in total. The Balaban J connectivity index is 2.26. The number of hydrogen-bond donors (Lipinski definition) is 2. The van der Waals surface area contributed by atoms with Gasteiger partial charge in [0.2, 0.25) is 5.91 Å². The van der Waals surface area contributed by atoms with Gasteiger partial charge in [0, 0.05) is 37.1 Å². The van der Waals surface area contributed by atoms with E-state index in [0.29, 0.717) is 6.54 Å². The van der Waals surface area contributed by atoms with Crippen LogP contribution in [0.25, 0.3) is 11.4 Å². The zero-order chi connectivity index (χ0) is 13.7. The van der Waals surface area contributed by atoms with Gasteiger partial charge in [-0.3, -0.25) is 4.79 Å². The van der Waals surface area contributed by atoms with Gasteiger partial charge in [-0.2, -0.15) is 0 Å². The van der Waals surface area contributed by atoms with E-state index in [-0.39, 0.29) is 5.91 Å². The summed E-state index contributed by atoms with van der Waals surface area (Å²) < 4.78 is 2.07. The first-order chi connectivity index (χ1) is 9.20. The van der Waals surface area contributed by atoms with Crippen LogP contribution in [0.4, 0.5) is 5.69 Å². The van der Waals surface area contributed by atoms with Crippen molar-refractivity contribution in [1.82, 2.24) is 9.55 Å². The van der Waals surface area contributed by atoms with Crippen molar-refractivity contribution < 1.29 is 4.79 Å². The lowest BCUT2D eigenvalue weighted by Crippen LogP contribution is -2.07. The smallest absolute Gasteiger partial charge is 0.221 e. The number of amides is 1. The van der Waals surface area contributed by atoms with Crippen molar-refractivity contribution in [2.24, 2.45) is 5.73 Å². The molecule has 1 heterocycles. The maximum absolute atomic E-state index is 11.1. The summed E-state index contributed by atoms with van der Waals surface area (Å²) >= 11 is 0. The molecule has 2 aromatic rings. The lowest BCUT2D eigenvalue weighted by atomic mass is 10.2. The summed E-state index contributed by atoms with van der Waals surface area (Å²) in [5.41, 5.74) is 7.29. The van der Waals surface area contributed by atoms with Crippen molar-refractivity contribution in [2.45, 2.75) is 19.9 Å². The van der Waals surface area contributed by atoms with E-state index in [1.165, 1.54) is 6.92 Å². The summed E-state index contributed by atoms with van der Waals surface area (Å²) in [4.78, 5) is 15.4. The van der Waals surface area contributed by atoms with Gasteiger partial charge in [-0.15, -0.1) is 0 Å². The molecule has 1 amide bonds. The Morgan fingerprint density at radius 3 is 3.05 bits per heavy atom. The highest BCUT2D eigenvalue weighted by Gasteiger charge is 2.06. The van der Waals surface area contributed by atoms with Crippen LogP contribution < -0.4 is 11.1 Å². The normalized spacial score (nSPS) is 10.4. The molecule has 1 aromatic heterocycles. The lowest BCUT2D eigenvalue weighted by molar-refractivity contribution is -0.114. The fourth-order valence-electron chi connectivity index (χ4n) is 1.95. The van der Waals surface area contributed by atoms with Gasteiger partial charge in [0.15, 0.2) is 0 Å². The summed E-state index contributed by atoms with van der Waals surface area (Å²) in [7, 11) is 0. The summed E-state index contributed by atoms with van der Waals surface area (Å²) in [6.07, 6.45) is 4.63. The van der Waals surface area contributed by atoms with Gasteiger partial charge in [0.1, 0.15) is 5.82 Å². The molecular formula is C14H18N4O. The minimum atomic E-state index is -0.0800. The number of hydrogen-bond acceptors (Lipinski definition) is 3. The van der Waals surface area contributed by atoms with Crippen LogP contribution in [0.3, 0.4) is 0 Å². The molecule has 1 aromatic carbocycles. The molecule has 0 saturated heterocycles. The predicted molar refractivity (Wildman–Crippen MR) is 75.6 cm³/mol. The van der Waals surface area contributed by atoms with Crippen LogP contribution in [0, 0.1) is 0 Å². The van der Waals surface area contributed by atoms with E-state index in [2.05, 4.69) is 14.9 Å². The standard InChI is InChI=1S/C14H18N4O/c1-11(19)17-13-5-2-4-12(10-13)14-16-7-9-18(14)8-3-6-15/h2,4-5,7,9-10H,3,6,8,15H2,1H3,(H,17,19). The number of carbonyl (C=O) groups is 1. The maximum Gasteiger partial charge on any atom is 0.221 e. The largest absolute Gasteiger partial charge is 0.331 e. The lowest BCUT2D eigenvalue weighted by Gasteiger charge is -2.09. The molecule has 0 radical (unpaired) electrons. The van der Waals surface area contributed by atoms with Crippen molar-refractivity contribution in [3.63, 3.8) is 0 Å². The highest BCUT2D eigenvalue weighted by molar-refractivity contribution is 5.89. The second kappa shape index (κ2) is 6.15. The van der Waals surface area contributed by atoms with E-state index >= 15 is 0 Å². The Morgan fingerprint density at radius 2 is 2.32 bits per heavy atom. The molecule has 0 aliphatic heterocycles.